The number of nitrogens with zero attached hydrogens (tertiary/aromatic N) is 4. The molecule has 0 atom stereocenters. The van der Waals surface area contributed by atoms with E-state index in [1.807, 2.05) is 53.0 Å². The minimum Gasteiger partial charge on any atom is -0.486 e. The number of piperazine rings is 1. The molecule has 6 nitrogen and oxygen atoms in total. The van der Waals surface area contributed by atoms with E-state index < -0.39 is 0 Å². The van der Waals surface area contributed by atoms with Crippen molar-refractivity contribution >= 4 is 5.91 Å². The van der Waals surface area contributed by atoms with E-state index in [2.05, 4.69) is 34.1 Å². The maximum absolute atomic E-state index is 12.8. The molecule has 2 heterocycles. The molecule has 0 N–H and O–H groups in total. The lowest BCUT2D eigenvalue weighted by molar-refractivity contribution is 0.0638. The molecular weight excluding hydrogens is 376 g/mol. The van der Waals surface area contributed by atoms with Crippen molar-refractivity contribution in [3.8, 4) is 5.75 Å². The number of rotatable bonds is 7. The second-order valence-corrected chi connectivity index (χ2v) is 7.64. The fourth-order valence-corrected chi connectivity index (χ4v) is 3.67. The summed E-state index contributed by atoms with van der Waals surface area (Å²) in [5, 5.41) is 0. The number of imidazole rings is 1. The molecule has 1 aromatic heterocycles. The number of hydrogen-bond acceptors (Lipinski definition) is 4. The molecule has 0 saturated carbocycles. The van der Waals surface area contributed by atoms with Gasteiger partial charge in [-0.2, -0.15) is 0 Å². The molecular formula is C24H28N4O2. The maximum Gasteiger partial charge on any atom is 0.253 e. The number of hydrogen-bond donors (Lipinski definition) is 0. The molecule has 30 heavy (non-hydrogen) atoms. The van der Waals surface area contributed by atoms with Crippen molar-refractivity contribution in [2.24, 2.45) is 7.05 Å². The summed E-state index contributed by atoms with van der Waals surface area (Å²) in [5.74, 6) is 1.69. The Hall–Kier alpha value is -3.12. The Bertz CT molecular complexity index is 945. The molecule has 0 spiro atoms. The molecule has 0 aliphatic carbocycles. The van der Waals surface area contributed by atoms with E-state index in [0.29, 0.717) is 12.2 Å². The molecule has 3 aromatic rings. The van der Waals surface area contributed by atoms with Crippen molar-refractivity contribution < 1.29 is 9.53 Å². The minimum atomic E-state index is 0.0911. The SMILES string of the molecule is Cn1ccnc1COc1ccc(C(=O)N2CCN(CCc3ccccc3)CC2)cc1. The molecule has 1 aliphatic heterocycles. The molecule has 1 saturated heterocycles. The molecule has 0 unspecified atom stereocenters. The predicted molar refractivity (Wildman–Crippen MR) is 116 cm³/mol. The lowest BCUT2D eigenvalue weighted by Gasteiger charge is -2.34. The van der Waals surface area contributed by atoms with Gasteiger partial charge < -0.3 is 14.2 Å². The first-order valence-electron chi connectivity index (χ1n) is 10.4. The van der Waals surface area contributed by atoms with Gasteiger partial charge in [0.25, 0.3) is 5.91 Å². The zero-order valence-corrected chi connectivity index (χ0v) is 17.4. The summed E-state index contributed by atoms with van der Waals surface area (Å²) >= 11 is 0. The summed E-state index contributed by atoms with van der Waals surface area (Å²) in [4.78, 5) is 21.5. The summed E-state index contributed by atoms with van der Waals surface area (Å²) in [5.41, 5.74) is 2.07. The van der Waals surface area contributed by atoms with Gasteiger partial charge in [0, 0.05) is 57.7 Å². The number of aryl methyl sites for hydroxylation is 1. The van der Waals surface area contributed by atoms with Crippen molar-refractivity contribution in [1.82, 2.24) is 19.4 Å². The van der Waals surface area contributed by atoms with Crippen LogP contribution in [0, 0.1) is 0 Å². The Morgan fingerprint density at radius 3 is 2.40 bits per heavy atom. The molecule has 0 bridgehead atoms. The first-order valence-corrected chi connectivity index (χ1v) is 10.4. The fraction of sp³-hybridized carbons (Fsp3) is 0.333. The molecule has 2 aromatic carbocycles. The predicted octanol–water partition coefficient (Wildman–Crippen LogP) is 3.00. The van der Waals surface area contributed by atoms with Crippen LogP contribution in [0.25, 0.3) is 0 Å². The summed E-state index contributed by atoms with van der Waals surface area (Å²) in [6, 6.07) is 18.0. The van der Waals surface area contributed by atoms with Crippen LogP contribution in [-0.4, -0.2) is 58.0 Å². The lowest BCUT2D eigenvalue weighted by Crippen LogP contribution is -2.49. The number of amides is 1. The van der Waals surface area contributed by atoms with E-state index in [-0.39, 0.29) is 5.91 Å². The monoisotopic (exact) mass is 404 g/mol. The van der Waals surface area contributed by atoms with Gasteiger partial charge in [-0.05, 0) is 36.2 Å². The Labute approximate surface area is 177 Å². The molecule has 4 rings (SSSR count). The maximum atomic E-state index is 12.8. The van der Waals surface area contributed by atoms with Crippen molar-refractivity contribution in [1.29, 1.82) is 0 Å². The third kappa shape index (κ3) is 5.07. The second kappa shape index (κ2) is 9.59. The van der Waals surface area contributed by atoms with E-state index in [1.54, 1.807) is 6.20 Å². The summed E-state index contributed by atoms with van der Waals surface area (Å²) in [6.45, 7) is 4.82. The van der Waals surface area contributed by atoms with Gasteiger partial charge in [-0.1, -0.05) is 30.3 Å². The third-order valence-corrected chi connectivity index (χ3v) is 5.61. The van der Waals surface area contributed by atoms with Crippen molar-refractivity contribution in [2.45, 2.75) is 13.0 Å². The quantitative estimate of drug-likeness (QED) is 0.608. The van der Waals surface area contributed by atoms with Crippen molar-refractivity contribution in [3.63, 3.8) is 0 Å². The first kappa shape index (κ1) is 20.2. The number of carbonyl (C=O) groups is 1. The van der Waals surface area contributed by atoms with Gasteiger partial charge >= 0.3 is 0 Å². The molecule has 156 valence electrons. The van der Waals surface area contributed by atoms with E-state index in [9.17, 15) is 4.79 Å². The van der Waals surface area contributed by atoms with Crippen LogP contribution in [0.4, 0.5) is 0 Å². The smallest absolute Gasteiger partial charge is 0.253 e. The Kier molecular flexibility index (Phi) is 6.44. The molecule has 6 heteroatoms. The van der Waals surface area contributed by atoms with Crippen molar-refractivity contribution in [3.05, 3.63) is 83.9 Å². The van der Waals surface area contributed by atoms with Gasteiger partial charge in [0.05, 0.1) is 0 Å². The van der Waals surface area contributed by atoms with Gasteiger partial charge in [-0.25, -0.2) is 4.98 Å². The normalized spacial score (nSPS) is 14.6. The highest BCUT2D eigenvalue weighted by atomic mass is 16.5. The Morgan fingerprint density at radius 1 is 1.00 bits per heavy atom. The lowest BCUT2D eigenvalue weighted by atomic mass is 10.1. The Morgan fingerprint density at radius 2 is 1.73 bits per heavy atom. The van der Waals surface area contributed by atoms with Gasteiger partial charge in [-0.15, -0.1) is 0 Å². The van der Waals surface area contributed by atoms with Gasteiger partial charge in [0.1, 0.15) is 18.2 Å². The van der Waals surface area contributed by atoms with E-state index in [1.165, 1.54) is 5.56 Å². The zero-order chi connectivity index (χ0) is 20.8. The molecule has 1 aliphatic rings. The van der Waals surface area contributed by atoms with E-state index in [0.717, 1.165) is 50.7 Å². The van der Waals surface area contributed by atoms with E-state index in [4.69, 9.17) is 4.74 Å². The van der Waals surface area contributed by atoms with Crippen LogP contribution in [0.2, 0.25) is 0 Å². The van der Waals surface area contributed by atoms with Crippen LogP contribution in [0.5, 0.6) is 5.75 Å². The third-order valence-electron chi connectivity index (χ3n) is 5.61. The number of aromatic nitrogens is 2. The van der Waals surface area contributed by atoms with Crippen LogP contribution in [-0.2, 0) is 20.1 Å². The van der Waals surface area contributed by atoms with Crippen LogP contribution in [0.15, 0.2) is 67.0 Å². The highest BCUT2D eigenvalue weighted by molar-refractivity contribution is 5.94. The van der Waals surface area contributed by atoms with Crippen LogP contribution < -0.4 is 4.74 Å². The highest BCUT2D eigenvalue weighted by Gasteiger charge is 2.22. The largest absolute Gasteiger partial charge is 0.486 e. The molecule has 1 fully saturated rings. The first-order chi connectivity index (χ1) is 14.7. The van der Waals surface area contributed by atoms with Gasteiger partial charge in [-0.3, -0.25) is 9.69 Å². The van der Waals surface area contributed by atoms with Crippen molar-refractivity contribution in [2.75, 3.05) is 32.7 Å². The molecule has 0 radical (unpaired) electrons. The van der Waals surface area contributed by atoms with Gasteiger partial charge in [0.2, 0.25) is 0 Å². The molecule has 1 amide bonds. The average Bonchev–Trinajstić information content (AvgIpc) is 3.22. The number of ether oxygens (including phenoxy) is 1. The average molecular weight is 405 g/mol. The van der Waals surface area contributed by atoms with Crippen LogP contribution in [0.3, 0.4) is 0 Å². The number of benzene rings is 2. The minimum absolute atomic E-state index is 0.0911. The summed E-state index contributed by atoms with van der Waals surface area (Å²) in [7, 11) is 1.94. The topological polar surface area (TPSA) is 50.6 Å². The van der Waals surface area contributed by atoms with E-state index >= 15 is 0 Å². The van der Waals surface area contributed by atoms with Crippen LogP contribution in [0.1, 0.15) is 21.7 Å². The fourth-order valence-electron chi connectivity index (χ4n) is 3.67. The second-order valence-electron chi connectivity index (χ2n) is 7.64. The number of carbonyl (C=O) groups excluding carboxylic acids is 1. The van der Waals surface area contributed by atoms with Crippen LogP contribution >= 0.6 is 0 Å². The Balaban J connectivity index is 1.24. The standard InChI is InChI=1S/C24H28N4O2/c1-26-14-12-25-23(26)19-30-22-9-7-21(8-10-22)24(29)28-17-15-27(16-18-28)13-11-20-5-3-2-4-6-20/h2-10,12,14H,11,13,15-19H2,1H3. The van der Waals surface area contributed by atoms with Gasteiger partial charge in [0.15, 0.2) is 0 Å². The highest BCUT2D eigenvalue weighted by Crippen LogP contribution is 2.16. The summed E-state index contributed by atoms with van der Waals surface area (Å²) in [6.07, 6.45) is 4.69. The summed E-state index contributed by atoms with van der Waals surface area (Å²) < 4.78 is 7.70. The zero-order valence-electron chi connectivity index (χ0n) is 17.4.